The van der Waals surface area contributed by atoms with Crippen LogP contribution in [0.2, 0.25) is 0 Å². The van der Waals surface area contributed by atoms with E-state index in [1.165, 1.54) is 0 Å². The molecule has 2 aromatic carbocycles. The lowest BCUT2D eigenvalue weighted by molar-refractivity contribution is 0.0949. The third-order valence-electron chi connectivity index (χ3n) is 4.34. The van der Waals surface area contributed by atoms with E-state index in [4.69, 9.17) is 12.2 Å². The second kappa shape index (κ2) is 7.99. The van der Waals surface area contributed by atoms with Crippen LogP contribution in [-0.4, -0.2) is 30.6 Å². The van der Waals surface area contributed by atoms with Gasteiger partial charge < -0.3 is 14.9 Å². The largest absolute Gasteiger partial charge is 0.345 e. The Kier molecular flexibility index (Phi) is 5.27. The van der Waals surface area contributed by atoms with Crippen molar-refractivity contribution in [2.45, 2.75) is 17.5 Å². The summed E-state index contributed by atoms with van der Waals surface area (Å²) in [5, 5.41) is 10.5. The van der Waals surface area contributed by atoms with Gasteiger partial charge in [0.15, 0.2) is 15.8 Å². The Bertz CT molecular complexity index is 1140. The first-order valence-electron chi connectivity index (χ1n) is 8.65. The quantitative estimate of drug-likeness (QED) is 0.334. The third-order valence-corrected chi connectivity index (χ3v) is 5.65. The number of imidazole rings is 1. The van der Waals surface area contributed by atoms with Crippen molar-refractivity contribution in [1.29, 1.82) is 0 Å². The molecule has 0 aliphatic heterocycles. The number of H-pyrrole nitrogens is 2. The average Bonchev–Trinajstić information content (AvgIpc) is 3.28. The SMILES string of the molecule is Cn1c(CNC(=O)c2ccc(CSc3nc4ccccc4[nH]3)cc2)n[nH]c1=S. The number of aromatic amines is 2. The zero-order valence-electron chi connectivity index (χ0n) is 15.1. The van der Waals surface area contributed by atoms with Gasteiger partial charge in [0.1, 0.15) is 0 Å². The Labute approximate surface area is 170 Å². The van der Waals surface area contributed by atoms with Crippen LogP contribution in [0, 0.1) is 4.77 Å². The highest BCUT2D eigenvalue weighted by molar-refractivity contribution is 7.98. The van der Waals surface area contributed by atoms with E-state index in [2.05, 4.69) is 25.5 Å². The number of hydrogen-bond donors (Lipinski definition) is 3. The van der Waals surface area contributed by atoms with Gasteiger partial charge in [-0.05, 0) is 42.0 Å². The zero-order valence-corrected chi connectivity index (χ0v) is 16.7. The summed E-state index contributed by atoms with van der Waals surface area (Å²) >= 11 is 6.70. The van der Waals surface area contributed by atoms with E-state index in [0.717, 1.165) is 27.5 Å². The minimum atomic E-state index is -0.148. The molecule has 2 aromatic heterocycles. The number of thioether (sulfide) groups is 1. The molecule has 4 aromatic rings. The first-order valence-corrected chi connectivity index (χ1v) is 10.0. The second-order valence-electron chi connectivity index (χ2n) is 6.23. The van der Waals surface area contributed by atoms with Gasteiger partial charge >= 0.3 is 0 Å². The fourth-order valence-corrected chi connectivity index (χ4v) is 3.69. The molecule has 1 amide bonds. The Balaban J connectivity index is 1.34. The molecule has 0 spiro atoms. The van der Waals surface area contributed by atoms with Gasteiger partial charge in [0, 0.05) is 18.4 Å². The van der Waals surface area contributed by atoms with Gasteiger partial charge in [0.05, 0.1) is 17.6 Å². The summed E-state index contributed by atoms with van der Waals surface area (Å²) in [4.78, 5) is 20.2. The van der Waals surface area contributed by atoms with E-state index >= 15 is 0 Å². The van der Waals surface area contributed by atoms with E-state index < -0.39 is 0 Å². The Morgan fingerprint density at radius 2 is 2.00 bits per heavy atom. The molecule has 0 radical (unpaired) electrons. The van der Waals surface area contributed by atoms with Crippen LogP contribution in [0.3, 0.4) is 0 Å². The summed E-state index contributed by atoms with van der Waals surface area (Å²) in [6, 6.07) is 15.5. The normalized spacial score (nSPS) is 11.0. The molecule has 0 atom stereocenters. The summed E-state index contributed by atoms with van der Waals surface area (Å²) in [5.74, 6) is 1.30. The van der Waals surface area contributed by atoms with Crippen LogP contribution in [0.1, 0.15) is 21.7 Å². The van der Waals surface area contributed by atoms with Crippen LogP contribution in [0.15, 0.2) is 53.7 Å². The van der Waals surface area contributed by atoms with Crippen LogP contribution in [0.4, 0.5) is 0 Å². The van der Waals surface area contributed by atoms with Crippen molar-refractivity contribution in [2.24, 2.45) is 7.05 Å². The first kappa shape index (κ1) is 18.5. The van der Waals surface area contributed by atoms with Gasteiger partial charge in [-0.1, -0.05) is 36.0 Å². The Morgan fingerprint density at radius 3 is 2.71 bits per heavy atom. The van der Waals surface area contributed by atoms with E-state index in [9.17, 15) is 4.79 Å². The number of amides is 1. The van der Waals surface area contributed by atoms with Crippen molar-refractivity contribution in [3.63, 3.8) is 0 Å². The second-order valence-corrected chi connectivity index (χ2v) is 7.58. The van der Waals surface area contributed by atoms with Crippen molar-refractivity contribution in [1.82, 2.24) is 30.0 Å². The van der Waals surface area contributed by atoms with Crippen molar-refractivity contribution >= 4 is 40.9 Å². The lowest BCUT2D eigenvalue weighted by Gasteiger charge is -2.06. The topological polar surface area (TPSA) is 91.4 Å². The van der Waals surface area contributed by atoms with Gasteiger partial charge in [-0.15, -0.1) is 0 Å². The predicted octanol–water partition coefficient (Wildman–Crippen LogP) is 3.58. The predicted molar refractivity (Wildman–Crippen MR) is 112 cm³/mol. The number of rotatable bonds is 6. The van der Waals surface area contributed by atoms with E-state index in [1.807, 2.05) is 55.6 Å². The average molecular weight is 411 g/mol. The molecular weight excluding hydrogens is 392 g/mol. The van der Waals surface area contributed by atoms with Gasteiger partial charge in [0.25, 0.3) is 5.91 Å². The van der Waals surface area contributed by atoms with Gasteiger partial charge in [-0.2, -0.15) is 5.10 Å². The van der Waals surface area contributed by atoms with E-state index in [0.29, 0.717) is 22.7 Å². The fourth-order valence-electron chi connectivity index (χ4n) is 2.70. The van der Waals surface area contributed by atoms with Gasteiger partial charge in [-0.25, -0.2) is 4.98 Å². The molecule has 9 heteroatoms. The van der Waals surface area contributed by atoms with Crippen molar-refractivity contribution in [3.8, 4) is 0 Å². The molecule has 0 saturated heterocycles. The highest BCUT2D eigenvalue weighted by atomic mass is 32.2. The number of aromatic nitrogens is 5. The number of hydrogen-bond acceptors (Lipinski definition) is 5. The number of carbonyl (C=O) groups excluding carboxylic acids is 1. The van der Waals surface area contributed by atoms with Crippen LogP contribution >= 0.6 is 24.0 Å². The summed E-state index contributed by atoms with van der Waals surface area (Å²) in [5.41, 5.74) is 3.72. The summed E-state index contributed by atoms with van der Waals surface area (Å²) in [6.07, 6.45) is 0. The number of fused-ring (bicyclic) bond motifs is 1. The lowest BCUT2D eigenvalue weighted by atomic mass is 10.1. The summed E-state index contributed by atoms with van der Waals surface area (Å²) in [7, 11) is 1.81. The molecule has 28 heavy (non-hydrogen) atoms. The van der Waals surface area contributed by atoms with Crippen LogP contribution in [0.5, 0.6) is 0 Å². The molecule has 2 heterocycles. The van der Waals surface area contributed by atoms with Crippen LogP contribution < -0.4 is 5.32 Å². The van der Waals surface area contributed by atoms with Crippen molar-refractivity contribution in [3.05, 3.63) is 70.3 Å². The van der Waals surface area contributed by atoms with Crippen LogP contribution in [0.25, 0.3) is 11.0 Å². The molecule has 3 N–H and O–H groups in total. The summed E-state index contributed by atoms with van der Waals surface area (Å²) < 4.78 is 2.25. The lowest BCUT2D eigenvalue weighted by Crippen LogP contribution is -2.24. The number of nitrogens with one attached hydrogen (secondary N) is 3. The number of para-hydroxylation sites is 2. The molecule has 0 fully saturated rings. The maximum absolute atomic E-state index is 12.3. The summed E-state index contributed by atoms with van der Waals surface area (Å²) in [6.45, 7) is 0.312. The molecule has 7 nitrogen and oxygen atoms in total. The van der Waals surface area contributed by atoms with Crippen molar-refractivity contribution in [2.75, 3.05) is 0 Å². The molecule has 0 bridgehead atoms. The van der Waals surface area contributed by atoms with Gasteiger partial charge in [0.2, 0.25) is 0 Å². The van der Waals surface area contributed by atoms with Crippen molar-refractivity contribution < 1.29 is 4.79 Å². The molecule has 4 rings (SSSR count). The first-order chi connectivity index (χ1) is 13.6. The standard InChI is InChI=1S/C19H18N6OS2/c1-25-16(23-24-19(25)27)10-20-17(26)13-8-6-12(7-9-13)11-28-18-21-14-4-2-3-5-15(14)22-18/h2-9H,10-11H2,1H3,(H,20,26)(H,21,22)(H,24,27). The maximum Gasteiger partial charge on any atom is 0.251 e. The molecule has 142 valence electrons. The Morgan fingerprint density at radius 1 is 1.21 bits per heavy atom. The highest BCUT2D eigenvalue weighted by Crippen LogP contribution is 2.23. The minimum absolute atomic E-state index is 0.148. The van der Waals surface area contributed by atoms with E-state index in [-0.39, 0.29) is 5.91 Å². The Hall–Kier alpha value is -2.91. The number of carbonyl (C=O) groups is 1. The third kappa shape index (κ3) is 4.00. The molecule has 0 aliphatic rings. The molecule has 0 unspecified atom stereocenters. The number of nitrogens with zero attached hydrogens (tertiary/aromatic N) is 3. The number of benzene rings is 2. The maximum atomic E-state index is 12.3. The highest BCUT2D eigenvalue weighted by Gasteiger charge is 2.09. The van der Waals surface area contributed by atoms with Crippen LogP contribution in [-0.2, 0) is 19.3 Å². The smallest absolute Gasteiger partial charge is 0.251 e. The fraction of sp³-hybridized carbons (Fsp3) is 0.158. The zero-order chi connectivity index (χ0) is 19.5. The monoisotopic (exact) mass is 410 g/mol. The van der Waals surface area contributed by atoms with E-state index in [1.54, 1.807) is 16.3 Å². The van der Waals surface area contributed by atoms with Gasteiger partial charge in [-0.3, -0.25) is 9.89 Å². The molecule has 0 saturated carbocycles. The molecular formula is C19H18N6OS2. The molecule has 0 aliphatic carbocycles. The minimum Gasteiger partial charge on any atom is -0.345 e.